The Hall–Kier alpha value is -1.16. The van der Waals surface area contributed by atoms with E-state index in [-0.39, 0.29) is 35.2 Å². The summed E-state index contributed by atoms with van der Waals surface area (Å²) in [7, 11) is 0. The van der Waals surface area contributed by atoms with Crippen LogP contribution in [-0.4, -0.2) is 28.4 Å². The number of fused-ring (bicyclic) bond motifs is 7. The lowest BCUT2D eigenvalue weighted by atomic mass is 9.39. The van der Waals surface area contributed by atoms with Crippen molar-refractivity contribution in [2.75, 3.05) is 6.61 Å². The quantitative estimate of drug-likeness (QED) is 0.387. The fourth-order valence-corrected chi connectivity index (χ4v) is 9.52. The second kappa shape index (κ2) is 7.17. The lowest BCUT2D eigenvalue weighted by Gasteiger charge is -2.65. The number of allylic oxidation sites excluding steroid dienone is 2. The zero-order valence-electron chi connectivity index (χ0n) is 20.8. The number of oxime groups is 1. The van der Waals surface area contributed by atoms with E-state index in [1.54, 1.807) is 0 Å². The Labute approximate surface area is 193 Å². The van der Waals surface area contributed by atoms with Gasteiger partial charge in [-0.15, -0.1) is 0 Å². The van der Waals surface area contributed by atoms with E-state index in [0.29, 0.717) is 34.9 Å². The molecule has 4 saturated carbocycles. The number of aliphatic hydroxyl groups excluding tert-OH is 1. The Morgan fingerprint density at radius 2 is 1.62 bits per heavy atom. The summed E-state index contributed by atoms with van der Waals surface area (Å²) in [5.74, 6) is 1.67. The van der Waals surface area contributed by atoms with Gasteiger partial charge in [-0.2, -0.15) is 0 Å². The molecule has 8 unspecified atom stereocenters. The highest BCUT2D eigenvalue weighted by Crippen LogP contribution is 2.69. The van der Waals surface area contributed by atoms with Crippen molar-refractivity contribution < 1.29 is 15.1 Å². The van der Waals surface area contributed by atoms with Crippen LogP contribution in [-0.2, 0) is 4.79 Å². The first-order chi connectivity index (χ1) is 15.0. The average molecular weight is 442 g/mol. The largest absolute Gasteiger partial charge is 0.411 e. The fraction of sp³-hybridized carbons (Fsp3) is 0.857. The second-order valence-electron chi connectivity index (χ2n) is 13.6. The van der Waals surface area contributed by atoms with Crippen LogP contribution in [0.1, 0.15) is 92.4 Å². The molecule has 5 aliphatic rings. The van der Waals surface area contributed by atoms with Gasteiger partial charge in [-0.25, -0.2) is 0 Å². The Morgan fingerprint density at radius 1 is 0.938 bits per heavy atom. The monoisotopic (exact) mass is 441 g/mol. The molecule has 0 spiro atoms. The SMILES string of the molecule is CC1(C)CCC2(C)CCC3C(C(=O)C=C4C5(C)CC/C(=N\O)C(CO)C5CCC43C)C2C1. The van der Waals surface area contributed by atoms with Crippen LogP contribution in [0.2, 0.25) is 0 Å². The summed E-state index contributed by atoms with van der Waals surface area (Å²) in [6, 6.07) is 0. The van der Waals surface area contributed by atoms with Gasteiger partial charge in [0.2, 0.25) is 0 Å². The smallest absolute Gasteiger partial charge is 0.159 e. The molecule has 178 valence electrons. The number of carbonyl (C=O) groups is 1. The maximum Gasteiger partial charge on any atom is 0.159 e. The van der Waals surface area contributed by atoms with Crippen molar-refractivity contribution in [3.8, 4) is 0 Å². The standard InChI is InChI=1S/C28H43NO3/c1-25(2)12-13-26(3)9-6-19-24(20(26)15-25)22(31)14-23-27(4)11-8-21(29-32)17(16-30)18(27)7-10-28(19,23)5/h14,17-20,24,30,32H,6-13,15-16H2,1-5H3/b29-21+. The highest BCUT2D eigenvalue weighted by atomic mass is 16.4. The van der Waals surface area contributed by atoms with Crippen molar-refractivity contribution in [2.45, 2.75) is 92.4 Å². The maximum atomic E-state index is 13.9. The summed E-state index contributed by atoms with van der Waals surface area (Å²) < 4.78 is 0. The Bertz CT molecular complexity index is 874. The van der Waals surface area contributed by atoms with Gasteiger partial charge in [0.05, 0.1) is 12.3 Å². The minimum atomic E-state index is -0.0954. The molecule has 2 N–H and O–H groups in total. The third kappa shape index (κ3) is 2.96. The van der Waals surface area contributed by atoms with Crippen molar-refractivity contribution in [2.24, 2.45) is 56.4 Å². The van der Waals surface area contributed by atoms with Crippen LogP contribution >= 0.6 is 0 Å². The van der Waals surface area contributed by atoms with E-state index in [1.807, 2.05) is 0 Å². The summed E-state index contributed by atoms with van der Waals surface area (Å²) in [4.78, 5) is 13.9. The van der Waals surface area contributed by atoms with Gasteiger partial charge in [0.15, 0.2) is 5.78 Å². The normalized spacial score (nSPS) is 51.2. The topological polar surface area (TPSA) is 69.9 Å². The van der Waals surface area contributed by atoms with Gasteiger partial charge in [0, 0.05) is 11.8 Å². The number of hydrogen-bond donors (Lipinski definition) is 2. The van der Waals surface area contributed by atoms with Gasteiger partial charge in [0.25, 0.3) is 0 Å². The molecule has 5 rings (SSSR count). The molecule has 5 aliphatic carbocycles. The van der Waals surface area contributed by atoms with Crippen LogP contribution in [0, 0.1) is 51.2 Å². The first-order valence-electron chi connectivity index (χ1n) is 13.1. The van der Waals surface area contributed by atoms with E-state index < -0.39 is 0 Å². The molecule has 0 aromatic heterocycles. The molecule has 4 fully saturated rings. The minimum absolute atomic E-state index is 0.0269. The van der Waals surface area contributed by atoms with Crippen LogP contribution in [0.15, 0.2) is 16.8 Å². The van der Waals surface area contributed by atoms with Crippen LogP contribution < -0.4 is 0 Å². The third-order valence-electron chi connectivity index (χ3n) is 11.5. The molecule has 0 radical (unpaired) electrons. The molecule has 0 aromatic rings. The molecule has 4 heteroatoms. The number of hydrogen-bond acceptors (Lipinski definition) is 4. The summed E-state index contributed by atoms with van der Waals surface area (Å²) in [6.07, 6.45) is 12.0. The van der Waals surface area contributed by atoms with E-state index in [0.717, 1.165) is 25.0 Å². The van der Waals surface area contributed by atoms with Crippen molar-refractivity contribution >= 4 is 11.5 Å². The van der Waals surface area contributed by atoms with Crippen molar-refractivity contribution in [3.63, 3.8) is 0 Å². The number of aliphatic hydroxyl groups is 1. The predicted molar refractivity (Wildman–Crippen MR) is 127 cm³/mol. The van der Waals surface area contributed by atoms with Crippen LogP contribution in [0.3, 0.4) is 0 Å². The van der Waals surface area contributed by atoms with E-state index >= 15 is 0 Å². The molecule has 0 heterocycles. The van der Waals surface area contributed by atoms with Gasteiger partial charge < -0.3 is 10.3 Å². The maximum absolute atomic E-state index is 13.9. The van der Waals surface area contributed by atoms with E-state index in [9.17, 15) is 15.1 Å². The summed E-state index contributed by atoms with van der Waals surface area (Å²) in [5.41, 5.74) is 2.73. The number of carbonyl (C=O) groups excluding carboxylic acids is 1. The average Bonchev–Trinajstić information content (AvgIpc) is 2.74. The van der Waals surface area contributed by atoms with Gasteiger partial charge in [-0.05, 0) is 103 Å². The molecule has 0 bridgehead atoms. The van der Waals surface area contributed by atoms with E-state index in [4.69, 9.17) is 0 Å². The molecule has 0 amide bonds. The minimum Gasteiger partial charge on any atom is -0.411 e. The van der Waals surface area contributed by atoms with Crippen molar-refractivity contribution in [1.82, 2.24) is 0 Å². The van der Waals surface area contributed by atoms with Crippen molar-refractivity contribution in [1.29, 1.82) is 0 Å². The number of nitrogens with zero attached hydrogens (tertiary/aromatic N) is 1. The molecule has 0 aliphatic heterocycles. The summed E-state index contributed by atoms with van der Waals surface area (Å²) in [6.45, 7) is 12.1. The summed E-state index contributed by atoms with van der Waals surface area (Å²) >= 11 is 0. The molecule has 8 atom stereocenters. The molecule has 32 heavy (non-hydrogen) atoms. The van der Waals surface area contributed by atoms with Gasteiger partial charge >= 0.3 is 0 Å². The molecular formula is C28H43NO3. The van der Waals surface area contributed by atoms with Gasteiger partial charge in [0.1, 0.15) is 0 Å². The second-order valence-corrected chi connectivity index (χ2v) is 13.6. The summed E-state index contributed by atoms with van der Waals surface area (Å²) in [5, 5.41) is 23.3. The lowest BCUT2D eigenvalue weighted by molar-refractivity contribution is -0.145. The van der Waals surface area contributed by atoms with E-state index in [2.05, 4.69) is 45.9 Å². The molecular weight excluding hydrogens is 398 g/mol. The molecule has 4 nitrogen and oxygen atoms in total. The van der Waals surface area contributed by atoms with Crippen molar-refractivity contribution in [3.05, 3.63) is 11.6 Å². The molecule has 0 aromatic carbocycles. The highest BCUT2D eigenvalue weighted by Gasteiger charge is 2.63. The predicted octanol–water partition coefficient (Wildman–Crippen LogP) is 6.01. The third-order valence-corrected chi connectivity index (χ3v) is 11.5. The van der Waals surface area contributed by atoms with Crippen LogP contribution in [0.5, 0.6) is 0 Å². The Balaban J connectivity index is 1.56. The van der Waals surface area contributed by atoms with E-state index in [1.165, 1.54) is 37.7 Å². The first kappa shape index (κ1) is 22.6. The zero-order valence-corrected chi connectivity index (χ0v) is 20.8. The Kier molecular flexibility index (Phi) is 5.07. The number of rotatable bonds is 1. The van der Waals surface area contributed by atoms with Crippen LogP contribution in [0.25, 0.3) is 0 Å². The van der Waals surface area contributed by atoms with Crippen LogP contribution in [0.4, 0.5) is 0 Å². The highest BCUT2D eigenvalue weighted by molar-refractivity contribution is 5.95. The lowest BCUT2D eigenvalue weighted by Crippen LogP contribution is -2.59. The van der Waals surface area contributed by atoms with Gasteiger partial charge in [-0.3, -0.25) is 4.79 Å². The fourth-order valence-electron chi connectivity index (χ4n) is 9.52. The zero-order chi connectivity index (χ0) is 23.1. The Morgan fingerprint density at radius 3 is 2.31 bits per heavy atom. The molecule has 0 saturated heterocycles. The first-order valence-corrected chi connectivity index (χ1v) is 13.1. The number of ketones is 1. The van der Waals surface area contributed by atoms with Gasteiger partial charge in [-0.1, -0.05) is 45.3 Å².